The van der Waals surface area contributed by atoms with Crippen LogP contribution in [0, 0.1) is 0 Å². The second-order valence-corrected chi connectivity index (χ2v) is 11.9. The Labute approximate surface area is 281 Å². The van der Waals surface area contributed by atoms with Gasteiger partial charge in [-0.25, -0.2) is 19.5 Å². The Morgan fingerprint density at radius 1 is 0.920 bits per heavy atom. The molecule has 1 aromatic heterocycles. The highest BCUT2D eigenvalue weighted by Gasteiger charge is 2.57. The Morgan fingerprint density at radius 3 is 2.06 bits per heavy atom. The molecule has 0 saturated carbocycles. The molecule has 3 atom stereocenters. The summed E-state index contributed by atoms with van der Waals surface area (Å²) in [5.41, 5.74) is -6.42. The van der Waals surface area contributed by atoms with Crippen molar-refractivity contribution in [3.8, 4) is 0 Å². The largest absolute Gasteiger partial charge is 0.467 e. The Hall–Kier alpha value is -5.12. The molecule has 5 rings (SSSR count). The van der Waals surface area contributed by atoms with Crippen LogP contribution in [0.2, 0.25) is 0 Å². The normalized spacial score (nSPS) is 20.3. The number of benzene rings is 3. The molecule has 0 spiro atoms. The van der Waals surface area contributed by atoms with Crippen molar-refractivity contribution in [2.75, 3.05) is 20.3 Å². The molecule has 0 radical (unpaired) electrons. The van der Waals surface area contributed by atoms with E-state index in [0.717, 1.165) is 18.0 Å². The Morgan fingerprint density at radius 2 is 1.52 bits per heavy atom. The van der Waals surface area contributed by atoms with Gasteiger partial charge in [-0.2, -0.15) is 31.4 Å². The van der Waals surface area contributed by atoms with Gasteiger partial charge in [0.25, 0.3) is 0 Å². The Balaban J connectivity index is 1.59. The summed E-state index contributed by atoms with van der Waals surface area (Å²) in [5, 5.41) is 5.97. The third-order valence-electron chi connectivity index (χ3n) is 8.86. The van der Waals surface area contributed by atoms with Crippen LogP contribution in [0.5, 0.6) is 0 Å². The van der Waals surface area contributed by atoms with Gasteiger partial charge in [0.2, 0.25) is 0 Å². The molecule has 10 nitrogen and oxygen atoms in total. The molecule has 1 amide bonds. The summed E-state index contributed by atoms with van der Waals surface area (Å²) in [6.45, 7) is 0.119. The van der Waals surface area contributed by atoms with Crippen LogP contribution in [0.25, 0.3) is 0 Å². The highest BCUT2D eigenvalue weighted by Crippen LogP contribution is 2.46. The van der Waals surface area contributed by atoms with Crippen molar-refractivity contribution in [2.45, 2.75) is 55.9 Å². The van der Waals surface area contributed by atoms with E-state index in [1.165, 1.54) is 11.8 Å². The van der Waals surface area contributed by atoms with Gasteiger partial charge >= 0.3 is 30.1 Å². The molecule has 3 aromatic carbocycles. The zero-order chi connectivity index (χ0) is 36.3. The van der Waals surface area contributed by atoms with Crippen molar-refractivity contribution < 1.29 is 50.1 Å². The first-order valence-corrected chi connectivity index (χ1v) is 15.3. The second-order valence-electron chi connectivity index (χ2n) is 11.9. The van der Waals surface area contributed by atoms with E-state index in [1.807, 2.05) is 0 Å². The first-order chi connectivity index (χ1) is 23.6. The number of piperidine rings is 1. The number of halogens is 6. The van der Waals surface area contributed by atoms with E-state index in [2.05, 4.69) is 10.2 Å². The first-order valence-electron chi connectivity index (χ1n) is 15.3. The highest BCUT2D eigenvalue weighted by molar-refractivity contribution is 5.81. The van der Waals surface area contributed by atoms with Gasteiger partial charge in [0.15, 0.2) is 5.54 Å². The second kappa shape index (κ2) is 14.0. The summed E-state index contributed by atoms with van der Waals surface area (Å²) in [4.78, 5) is 41.7. The Bertz CT molecular complexity index is 1830. The predicted octanol–water partition coefficient (Wildman–Crippen LogP) is 6.58. The van der Waals surface area contributed by atoms with E-state index in [0.29, 0.717) is 23.3 Å². The van der Waals surface area contributed by atoms with Crippen molar-refractivity contribution in [1.82, 2.24) is 19.7 Å². The number of carbonyl (C=O) groups is 2. The molecule has 1 fully saturated rings. The minimum Gasteiger partial charge on any atom is -0.467 e. The van der Waals surface area contributed by atoms with Gasteiger partial charge in [0.05, 0.1) is 43.0 Å². The summed E-state index contributed by atoms with van der Waals surface area (Å²) in [6, 6.07) is 18.2. The molecule has 0 aliphatic carbocycles. The number of methoxy groups -OCH3 is 1. The number of aromatic amines is 1. The van der Waals surface area contributed by atoms with Crippen LogP contribution in [-0.2, 0) is 49.0 Å². The van der Waals surface area contributed by atoms with Gasteiger partial charge in [-0.05, 0) is 54.7 Å². The number of amides is 1. The molecular formula is C34H32F6N4O6. The lowest BCUT2D eigenvalue weighted by Gasteiger charge is -2.52. The fourth-order valence-electron chi connectivity index (χ4n) is 6.14. The van der Waals surface area contributed by atoms with Gasteiger partial charge in [-0.3, -0.25) is 9.47 Å². The molecule has 1 saturated heterocycles. The predicted molar refractivity (Wildman–Crippen MR) is 164 cm³/mol. The molecule has 16 heteroatoms. The molecule has 2 heterocycles. The van der Waals surface area contributed by atoms with Crippen LogP contribution in [0.1, 0.15) is 53.7 Å². The molecule has 1 aliphatic heterocycles. The maximum atomic E-state index is 14.2. The number of nitrogens with zero attached hydrogens (tertiary/aromatic N) is 3. The van der Waals surface area contributed by atoms with Crippen LogP contribution >= 0.6 is 0 Å². The molecule has 1 aliphatic rings. The van der Waals surface area contributed by atoms with E-state index >= 15 is 0 Å². The lowest BCUT2D eigenvalue weighted by Crippen LogP contribution is -2.66. The fraction of sp³-hybridized carbons (Fsp3) is 0.353. The minimum atomic E-state index is -5.08. The standard InChI is InChI=1S/C34H32F6N4O6/c1-22(24-15-26(33(35,36)37)17-27(16-24)34(38,39)40)50-20-32(25-11-7-4-8-12-25)14-13-31(28(45)48-2,44-21-41-42-29(44)46)19-43(32)30(47)49-18-23-9-5-3-6-10-23/h3-12,15-17,21-22H,13-14,18-20H2,1-2H3,(H,42,46)/t22-,31+,32-/m1/s1. The smallest absolute Gasteiger partial charge is 0.416 e. The number of alkyl halides is 6. The molecule has 4 aromatic rings. The molecule has 0 bridgehead atoms. The third kappa shape index (κ3) is 7.25. The molecular weight excluding hydrogens is 674 g/mol. The lowest BCUT2D eigenvalue weighted by molar-refractivity contribution is -0.160. The van der Waals surface area contributed by atoms with Gasteiger partial charge in [0.1, 0.15) is 12.9 Å². The third-order valence-corrected chi connectivity index (χ3v) is 8.86. The highest BCUT2D eigenvalue weighted by atomic mass is 19.4. The number of hydrogen-bond acceptors (Lipinski definition) is 7. The minimum absolute atomic E-state index is 0.0253. The lowest BCUT2D eigenvalue weighted by atomic mass is 9.74. The number of esters is 1. The monoisotopic (exact) mass is 706 g/mol. The van der Waals surface area contributed by atoms with Crippen LogP contribution in [-0.4, -0.2) is 52.0 Å². The summed E-state index contributed by atoms with van der Waals surface area (Å²) >= 11 is 0. The number of likely N-dealkylation sites (tertiary alicyclic amines) is 1. The van der Waals surface area contributed by atoms with Crippen LogP contribution in [0.15, 0.2) is 90.0 Å². The average Bonchev–Trinajstić information content (AvgIpc) is 3.55. The van der Waals surface area contributed by atoms with E-state index in [9.17, 15) is 40.7 Å². The van der Waals surface area contributed by atoms with Gasteiger partial charge in [-0.1, -0.05) is 60.7 Å². The zero-order valence-electron chi connectivity index (χ0n) is 26.8. The van der Waals surface area contributed by atoms with Crippen LogP contribution < -0.4 is 5.69 Å². The van der Waals surface area contributed by atoms with Crippen molar-refractivity contribution in [3.63, 3.8) is 0 Å². The quantitative estimate of drug-likeness (QED) is 0.154. The van der Waals surface area contributed by atoms with Crippen LogP contribution in [0.4, 0.5) is 31.1 Å². The molecule has 1 N–H and O–H groups in total. The number of carbonyl (C=O) groups excluding carboxylic acids is 2. The maximum Gasteiger partial charge on any atom is 0.416 e. The summed E-state index contributed by atoms with van der Waals surface area (Å²) in [5.74, 6) is -0.874. The number of rotatable bonds is 9. The van der Waals surface area contributed by atoms with Crippen LogP contribution in [0.3, 0.4) is 0 Å². The number of nitrogens with one attached hydrogen (secondary N) is 1. The number of aromatic nitrogens is 3. The molecule has 50 heavy (non-hydrogen) atoms. The maximum absolute atomic E-state index is 14.2. The van der Waals surface area contributed by atoms with Crippen molar-refractivity contribution >= 4 is 12.1 Å². The first kappa shape index (κ1) is 36.2. The van der Waals surface area contributed by atoms with E-state index in [4.69, 9.17) is 14.2 Å². The number of hydrogen-bond donors (Lipinski definition) is 1. The van der Waals surface area contributed by atoms with E-state index in [1.54, 1.807) is 60.7 Å². The Kier molecular flexibility index (Phi) is 10.1. The average molecular weight is 707 g/mol. The zero-order valence-corrected chi connectivity index (χ0v) is 26.8. The van der Waals surface area contributed by atoms with E-state index < -0.39 is 77.1 Å². The van der Waals surface area contributed by atoms with Crippen molar-refractivity contribution in [3.05, 3.63) is 123 Å². The molecule has 0 unspecified atom stereocenters. The summed E-state index contributed by atoms with van der Waals surface area (Å²) in [6.07, 6.45) is -11.6. The molecule has 266 valence electrons. The van der Waals surface area contributed by atoms with Crippen molar-refractivity contribution in [2.24, 2.45) is 0 Å². The van der Waals surface area contributed by atoms with E-state index in [-0.39, 0.29) is 25.5 Å². The topological polar surface area (TPSA) is 116 Å². The fourth-order valence-corrected chi connectivity index (χ4v) is 6.14. The summed E-state index contributed by atoms with van der Waals surface area (Å²) in [7, 11) is 1.11. The van der Waals surface area contributed by atoms with Gasteiger partial charge in [-0.15, -0.1) is 0 Å². The summed E-state index contributed by atoms with van der Waals surface area (Å²) < 4.78 is 99.9. The van der Waals surface area contributed by atoms with Gasteiger partial charge < -0.3 is 14.2 Å². The number of H-pyrrole nitrogens is 1. The van der Waals surface area contributed by atoms with Crippen molar-refractivity contribution in [1.29, 1.82) is 0 Å². The number of ether oxygens (including phenoxy) is 3. The SMILES string of the molecule is COC(=O)[C@]1(n2cn[nH]c2=O)CC[C@@](CO[C@H](C)c2cc(C(F)(F)F)cc(C(F)(F)F)c2)(c2ccccc2)N(C(=O)OCc2ccccc2)C1. The van der Waals surface area contributed by atoms with Gasteiger partial charge in [0, 0.05) is 0 Å².